The number of fused-ring (bicyclic) bond motifs is 1. The summed E-state index contributed by atoms with van der Waals surface area (Å²) in [6.45, 7) is 4.69. The Kier molecular flexibility index (Phi) is 4.39. The molecule has 0 aliphatic carbocycles. The quantitative estimate of drug-likeness (QED) is 0.532. The molecule has 0 saturated heterocycles. The van der Waals surface area contributed by atoms with Crippen molar-refractivity contribution in [3.63, 3.8) is 0 Å². The van der Waals surface area contributed by atoms with Crippen LogP contribution in [0.4, 0.5) is 5.13 Å². The third-order valence-corrected chi connectivity index (χ3v) is 5.16. The number of Topliss-reactive ketones (excluding diaryl/α,β-unsaturated/α-hetero) is 1. The summed E-state index contributed by atoms with van der Waals surface area (Å²) in [7, 11) is 0. The molecule has 1 unspecified atom stereocenters. The number of aromatic amines is 1. The molecule has 0 saturated carbocycles. The fourth-order valence-electron chi connectivity index (χ4n) is 2.06. The van der Waals surface area contributed by atoms with Crippen LogP contribution in [0.15, 0.2) is 28.9 Å². The highest BCUT2D eigenvalue weighted by Gasteiger charge is 2.21. The van der Waals surface area contributed by atoms with Gasteiger partial charge in [-0.3, -0.25) is 4.79 Å². The lowest BCUT2D eigenvalue weighted by atomic mass is 10.1. The van der Waals surface area contributed by atoms with Crippen LogP contribution in [0.3, 0.4) is 0 Å². The van der Waals surface area contributed by atoms with E-state index in [4.69, 9.17) is 0 Å². The predicted molar refractivity (Wildman–Crippen MR) is 89.8 cm³/mol. The van der Waals surface area contributed by atoms with E-state index in [9.17, 15) is 4.79 Å². The molecule has 3 heterocycles. The highest BCUT2D eigenvalue weighted by molar-refractivity contribution is 8.02. The highest BCUT2D eigenvalue weighted by Crippen LogP contribution is 2.31. The summed E-state index contributed by atoms with van der Waals surface area (Å²) in [4.78, 5) is 19.9. The lowest BCUT2D eigenvalue weighted by Gasteiger charge is -2.06. The number of nitrogens with one attached hydrogen (secondary N) is 2. The van der Waals surface area contributed by atoms with Crippen LogP contribution in [0.2, 0.25) is 0 Å². The number of nitrogens with zero attached hydrogens (tertiary/aromatic N) is 3. The topological polar surface area (TPSA) is 83.6 Å². The normalized spacial score (nSPS) is 12.5. The number of carbonyl (C=O) groups excluding carboxylic acids is 1. The summed E-state index contributed by atoms with van der Waals surface area (Å²) in [5.41, 5.74) is 1.40. The number of hydrogen-bond acceptors (Lipinski definition) is 7. The van der Waals surface area contributed by atoms with Crippen molar-refractivity contribution < 1.29 is 4.79 Å². The minimum atomic E-state index is -0.235. The molecule has 0 fully saturated rings. The van der Waals surface area contributed by atoms with Gasteiger partial charge < -0.3 is 10.3 Å². The van der Waals surface area contributed by atoms with Gasteiger partial charge in [0.05, 0.1) is 5.25 Å². The van der Waals surface area contributed by atoms with Gasteiger partial charge in [-0.05, 0) is 26.0 Å². The molecule has 3 aromatic rings. The second-order valence-corrected chi connectivity index (χ2v) is 7.20. The van der Waals surface area contributed by atoms with Crippen LogP contribution in [0.5, 0.6) is 0 Å². The van der Waals surface area contributed by atoms with E-state index in [0.717, 1.165) is 27.0 Å². The van der Waals surface area contributed by atoms with Gasteiger partial charge in [-0.25, -0.2) is 4.98 Å². The summed E-state index contributed by atoms with van der Waals surface area (Å²) in [5, 5.41) is 12.6. The first-order valence-electron chi connectivity index (χ1n) is 6.89. The first-order valence-corrected chi connectivity index (χ1v) is 8.59. The van der Waals surface area contributed by atoms with Crippen molar-refractivity contribution in [1.29, 1.82) is 0 Å². The Hall–Kier alpha value is -1.93. The fourth-order valence-corrected chi connectivity index (χ4v) is 4.10. The van der Waals surface area contributed by atoms with Crippen molar-refractivity contribution in [3.05, 3.63) is 30.1 Å². The molecule has 0 aliphatic rings. The van der Waals surface area contributed by atoms with Crippen molar-refractivity contribution in [3.8, 4) is 0 Å². The molecule has 0 radical (unpaired) electrons. The van der Waals surface area contributed by atoms with Gasteiger partial charge >= 0.3 is 0 Å². The second-order valence-electron chi connectivity index (χ2n) is 4.63. The van der Waals surface area contributed by atoms with Crippen LogP contribution < -0.4 is 5.32 Å². The minimum absolute atomic E-state index is 0.0597. The number of carbonyl (C=O) groups is 1. The molecule has 8 heteroatoms. The van der Waals surface area contributed by atoms with Gasteiger partial charge in [-0.15, -0.1) is 10.2 Å². The summed E-state index contributed by atoms with van der Waals surface area (Å²) in [5.74, 6) is 0.0597. The monoisotopic (exact) mass is 333 g/mol. The highest BCUT2D eigenvalue weighted by atomic mass is 32.2. The Labute approximate surface area is 135 Å². The van der Waals surface area contributed by atoms with Crippen molar-refractivity contribution in [2.75, 3.05) is 11.9 Å². The molecule has 0 bridgehead atoms. The molecule has 2 N–H and O–H groups in total. The molecule has 3 rings (SSSR count). The van der Waals surface area contributed by atoms with E-state index in [-0.39, 0.29) is 11.0 Å². The Morgan fingerprint density at radius 1 is 1.50 bits per heavy atom. The molecule has 0 spiro atoms. The van der Waals surface area contributed by atoms with Gasteiger partial charge in [0.1, 0.15) is 5.65 Å². The number of pyridine rings is 1. The zero-order valence-electron chi connectivity index (χ0n) is 12.2. The molecular weight excluding hydrogens is 318 g/mol. The number of thioether (sulfide) groups is 1. The van der Waals surface area contributed by atoms with Gasteiger partial charge in [0.25, 0.3) is 0 Å². The third kappa shape index (κ3) is 2.97. The molecule has 22 heavy (non-hydrogen) atoms. The SMILES string of the molecule is CCNc1nnc(SC(C)C(=O)c2c[nH]c3ncccc23)s1. The standard InChI is InChI=1S/C14H15N5OS2/c1-3-15-13-18-19-14(22-13)21-8(2)11(20)10-7-17-12-9(10)5-4-6-16-12/h4-8H,3H2,1-2H3,(H,15,18)(H,16,17). The minimum Gasteiger partial charge on any atom is -0.360 e. The Morgan fingerprint density at radius 2 is 2.36 bits per heavy atom. The van der Waals surface area contributed by atoms with Gasteiger partial charge in [0, 0.05) is 29.9 Å². The second kappa shape index (κ2) is 6.45. The lowest BCUT2D eigenvalue weighted by molar-refractivity contribution is 0.0995. The molecular formula is C14H15N5OS2. The summed E-state index contributed by atoms with van der Waals surface area (Å²) in [6, 6.07) is 3.73. The van der Waals surface area contributed by atoms with Gasteiger partial charge in [0.2, 0.25) is 5.13 Å². The molecule has 3 aromatic heterocycles. The predicted octanol–water partition coefficient (Wildman–Crippen LogP) is 3.21. The first-order chi connectivity index (χ1) is 10.7. The number of hydrogen-bond donors (Lipinski definition) is 2. The number of ketones is 1. The maximum Gasteiger partial charge on any atom is 0.206 e. The number of rotatable bonds is 6. The van der Waals surface area contributed by atoms with Crippen molar-refractivity contribution in [1.82, 2.24) is 20.2 Å². The van der Waals surface area contributed by atoms with E-state index in [1.165, 1.54) is 23.1 Å². The van der Waals surface area contributed by atoms with E-state index < -0.39 is 0 Å². The molecule has 0 amide bonds. The molecule has 6 nitrogen and oxygen atoms in total. The number of anilines is 1. The van der Waals surface area contributed by atoms with Crippen LogP contribution in [0.25, 0.3) is 11.0 Å². The Morgan fingerprint density at radius 3 is 3.18 bits per heavy atom. The zero-order chi connectivity index (χ0) is 15.5. The number of aromatic nitrogens is 4. The summed E-state index contributed by atoms with van der Waals surface area (Å²) >= 11 is 2.89. The molecule has 1 atom stereocenters. The molecule has 114 valence electrons. The first kappa shape index (κ1) is 15.0. The zero-order valence-corrected chi connectivity index (χ0v) is 13.8. The van der Waals surface area contributed by atoms with Crippen LogP contribution in [0.1, 0.15) is 24.2 Å². The fraction of sp³-hybridized carbons (Fsp3) is 0.286. The third-order valence-electron chi connectivity index (χ3n) is 3.10. The van der Waals surface area contributed by atoms with Crippen LogP contribution in [-0.2, 0) is 0 Å². The number of H-pyrrole nitrogens is 1. The molecule has 0 aromatic carbocycles. The van der Waals surface area contributed by atoms with E-state index in [2.05, 4.69) is 25.5 Å². The van der Waals surface area contributed by atoms with Crippen molar-refractivity contribution >= 4 is 45.0 Å². The van der Waals surface area contributed by atoms with Crippen LogP contribution in [-0.4, -0.2) is 37.7 Å². The van der Waals surface area contributed by atoms with Crippen LogP contribution >= 0.6 is 23.1 Å². The summed E-state index contributed by atoms with van der Waals surface area (Å²) in [6.07, 6.45) is 3.43. The maximum absolute atomic E-state index is 12.6. The van der Waals surface area contributed by atoms with Gasteiger partial charge in [0.15, 0.2) is 10.1 Å². The van der Waals surface area contributed by atoms with Crippen molar-refractivity contribution in [2.45, 2.75) is 23.4 Å². The Balaban J connectivity index is 1.76. The maximum atomic E-state index is 12.6. The summed E-state index contributed by atoms with van der Waals surface area (Å²) < 4.78 is 0.787. The largest absolute Gasteiger partial charge is 0.360 e. The van der Waals surface area contributed by atoms with E-state index in [0.29, 0.717) is 5.56 Å². The van der Waals surface area contributed by atoms with E-state index in [1.54, 1.807) is 12.4 Å². The molecule has 0 aliphatic heterocycles. The average molecular weight is 333 g/mol. The smallest absolute Gasteiger partial charge is 0.206 e. The van der Waals surface area contributed by atoms with Gasteiger partial charge in [-0.2, -0.15) is 0 Å². The lowest BCUT2D eigenvalue weighted by Crippen LogP contribution is -2.12. The van der Waals surface area contributed by atoms with E-state index >= 15 is 0 Å². The average Bonchev–Trinajstić information content (AvgIpc) is 3.13. The van der Waals surface area contributed by atoms with Gasteiger partial charge in [-0.1, -0.05) is 23.1 Å². The van der Waals surface area contributed by atoms with E-state index in [1.807, 2.05) is 26.0 Å². The van der Waals surface area contributed by atoms with Crippen molar-refractivity contribution in [2.24, 2.45) is 0 Å². The van der Waals surface area contributed by atoms with Crippen LogP contribution in [0, 0.1) is 0 Å². The Bertz CT molecular complexity index is 797.